The molecule has 86 valence electrons. The maximum absolute atomic E-state index is 6.18. The van der Waals surface area contributed by atoms with Gasteiger partial charge in [0.1, 0.15) is 5.84 Å². The van der Waals surface area contributed by atoms with Crippen LogP contribution >= 0.6 is 0 Å². The lowest BCUT2D eigenvalue weighted by atomic mass is 9.63. The smallest absolute Gasteiger partial charge is 0.104 e. The van der Waals surface area contributed by atoms with Crippen molar-refractivity contribution in [1.82, 2.24) is 0 Å². The van der Waals surface area contributed by atoms with Gasteiger partial charge in [-0.3, -0.25) is 4.99 Å². The van der Waals surface area contributed by atoms with Gasteiger partial charge < -0.3 is 5.73 Å². The molecule has 16 heavy (non-hydrogen) atoms. The second kappa shape index (κ2) is 4.69. The van der Waals surface area contributed by atoms with Crippen LogP contribution in [0.2, 0.25) is 0 Å². The number of hydrogen-bond donors (Lipinski definition) is 1. The van der Waals surface area contributed by atoms with Crippen molar-refractivity contribution < 1.29 is 0 Å². The predicted molar refractivity (Wildman–Crippen MR) is 68.8 cm³/mol. The van der Waals surface area contributed by atoms with E-state index >= 15 is 0 Å². The summed E-state index contributed by atoms with van der Waals surface area (Å²) in [6.45, 7) is 2.98. The highest BCUT2D eigenvalue weighted by atomic mass is 14.9. The van der Waals surface area contributed by atoms with Gasteiger partial charge >= 0.3 is 0 Å². The van der Waals surface area contributed by atoms with E-state index in [0.29, 0.717) is 0 Å². The molecule has 2 heteroatoms. The van der Waals surface area contributed by atoms with Gasteiger partial charge in [-0.05, 0) is 24.8 Å². The van der Waals surface area contributed by atoms with Crippen molar-refractivity contribution in [2.24, 2.45) is 10.7 Å². The van der Waals surface area contributed by atoms with E-state index in [9.17, 15) is 0 Å². The van der Waals surface area contributed by atoms with Crippen LogP contribution in [0.4, 0.5) is 0 Å². The molecule has 0 aliphatic heterocycles. The van der Waals surface area contributed by atoms with E-state index in [2.05, 4.69) is 42.2 Å². The molecule has 0 unspecified atom stereocenters. The second-order valence-electron chi connectivity index (χ2n) is 4.57. The summed E-state index contributed by atoms with van der Waals surface area (Å²) in [4.78, 5) is 4.51. The Labute approximate surface area is 97.6 Å². The van der Waals surface area contributed by atoms with E-state index in [0.717, 1.165) is 31.6 Å². The minimum atomic E-state index is 0.0520. The molecule has 0 radical (unpaired) electrons. The molecule has 2 N–H and O–H groups in total. The average molecular weight is 216 g/mol. The van der Waals surface area contributed by atoms with Gasteiger partial charge in [0.25, 0.3) is 0 Å². The lowest BCUT2D eigenvalue weighted by Crippen LogP contribution is -2.47. The first-order valence-electron chi connectivity index (χ1n) is 6.15. The van der Waals surface area contributed by atoms with Crippen molar-refractivity contribution in [3.05, 3.63) is 35.9 Å². The predicted octanol–water partition coefficient (Wildman–Crippen LogP) is 2.88. The van der Waals surface area contributed by atoms with Gasteiger partial charge in [-0.1, -0.05) is 43.7 Å². The van der Waals surface area contributed by atoms with Gasteiger partial charge in [-0.25, -0.2) is 0 Å². The van der Waals surface area contributed by atoms with Gasteiger partial charge in [0.2, 0.25) is 0 Å². The number of hydrogen-bond acceptors (Lipinski definition) is 1. The minimum absolute atomic E-state index is 0.0520. The van der Waals surface area contributed by atoms with Crippen molar-refractivity contribution >= 4 is 5.84 Å². The summed E-state index contributed by atoms with van der Waals surface area (Å²) in [5.41, 5.74) is 7.57. The number of benzene rings is 1. The number of nitrogens with two attached hydrogens (primary N) is 1. The summed E-state index contributed by atoms with van der Waals surface area (Å²) in [5, 5.41) is 0. The van der Waals surface area contributed by atoms with Gasteiger partial charge in [0.15, 0.2) is 0 Å². The van der Waals surface area contributed by atoms with Crippen LogP contribution in [-0.4, -0.2) is 12.4 Å². The third kappa shape index (κ3) is 1.84. The minimum Gasteiger partial charge on any atom is -0.387 e. The monoisotopic (exact) mass is 216 g/mol. The van der Waals surface area contributed by atoms with Crippen molar-refractivity contribution in [2.75, 3.05) is 6.54 Å². The number of rotatable bonds is 4. The summed E-state index contributed by atoms with van der Waals surface area (Å²) in [6, 6.07) is 10.6. The van der Waals surface area contributed by atoms with Crippen LogP contribution in [-0.2, 0) is 5.41 Å². The molecule has 1 aromatic rings. The Hall–Kier alpha value is -1.31. The van der Waals surface area contributed by atoms with Crippen LogP contribution in [0.5, 0.6) is 0 Å². The normalized spacial score (nSPS) is 19.2. The van der Waals surface area contributed by atoms with Crippen LogP contribution in [0, 0.1) is 0 Å². The number of nitrogens with zero attached hydrogens (tertiary/aromatic N) is 1. The Morgan fingerprint density at radius 1 is 1.31 bits per heavy atom. The van der Waals surface area contributed by atoms with E-state index in [1.807, 2.05) is 0 Å². The zero-order valence-corrected chi connectivity index (χ0v) is 9.95. The molecule has 2 nitrogen and oxygen atoms in total. The highest BCUT2D eigenvalue weighted by Crippen LogP contribution is 2.43. The van der Waals surface area contributed by atoms with Gasteiger partial charge in [0.05, 0.1) is 5.41 Å². The molecule has 0 heterocycles. The van der Waals surface area contributed by atoms with E-state index in [1.165, 1.54) is 12.0 Å². The molecule has 1 aliphatic carbocycles. The number of amidine groups is 1. The Kier molecular flexibility index (Phi) is 3.28. The van der Waals surface area contributed by atoms with Crippen molar-refractivity contribution in [3.63, 3.8) is 0 Å². The first kappa shape index (κ1) is 11.2. The zero-order chi connectivity index (χ0) is 11.4. The fraction of sp³-hybridized carbons (Fsp3) is 0.500. The van der Waals surface area contributed by atoms with Gasteiger partial charge in [-0.2, -0.15) is 0 Å². The Bertz CT molecular complexity index is 364. The largest absolute Gasteiger partial charge is 0.387 e. The first-order chi connectivity index (χ1) is 7.79. The van der Waals surface area contributed by atoms with Crippen LogP contribution in [0.15, 0.2) is 35.3 Å². The van der Waals surface area contributed by atoms with Crippen LogP contribution < -0.4 is 5.73 Å². The maximum Gasteiger partial charge on any atom is 0.104 e. The third-order valence-electron chi connectivity index (χ3n) is 3.53. The standard InChI is InChI=1S/C14H20N2/c1-2-11-16-13(15)14(9-6-10-14)12-7-4-3-5-8-12/h3-5,7-8H,2,6,9-11H2,1H3,(H2,15,16). The molecule has 1 aromatic carbocycles. The Morgan fingerprint density at radius 3 is 2.50 bits per heavy atom. The molecule has 0 bridgehead atoms. The van der Waals surface area contributed by atoms with Crippen molar-refractivity contribution in [1.29, 1.82) is 0 Å². The molecule has 1 fully saturated rings. The topological polar surface area (TPSA) is 38.4 Å². The fourth-order valence-corrected chi connectivity index (χ4v) is 2.36. The Balaban J connectivity index is 2.26. The lowest BCUT2D eigenvalue weighted by molar-refractivity contribution is 0.337. The SMILES string of the molecule is CCCN=C(N)C1(c2ccccc2)CCC1. The number of aliphatic imine (C=N–C) groups is 1. The quantitative estimate of drug-likeness (QED) is 0.610. The molecule has 1 aliphatic rings. The van der Waals surface area contributed by atoms with Crippen molar-refractivity contribution in [3.8, 4) is 0 Å². The third-order valence-corrected chi connectivity index (χ3v) is 3.53. The first-order valence-corrected chi connectivity index (χ1v) is 6.15. The molecule has 0 saturated heterocycles. The van der Waals surface area contributed by atoms with E-state index < -0.39 is 0 Å². The maximum atomic E-state index is 6.18. The second-order valence-corrected chi connectivity index (χ2v) is 4.57. The van der Waals surface area contributed by atoms with Crippen LogP contribution in [0.25, 0.3) is 0 Å². The van der Waals surface area contributed by atoms with Crippen LogP contribution in [0.3, 0.4) is 0 Å². The molecule has 2 rings (SSSR count). The van der Waals surface area contributed by atoms with Crippen molar-refractivity contribution in [2.45, 2.75) is 38.0 Å². The van der Waals surface area contributed by atoms with E-state index in [4.69, 9.17) is 5.73 Å². The fourth-order valence-electron chi connectivity index (χ4n) is 2.36. The summed E-state index contributed by atoms with van der Waals surface area (Å²) < 4.78 is 0. The molecule has 1 saturated carbocycles. The molecule has 0 spiro atoms. The lowest BCUT2D eigenvalue weighted by Gasteiger charge is -2.41. The summed E-state index contributed by atoms with van der Waals surface area (Å²) >= 11 is 0. The summed E-state index contributed by atoms with van der Waals surface area (Å²) in [6.07, 6.45) is 4.62. The van der Waals surface area contributed by atoms with E-state index in [1.54, 1.807) is 0 Å². The highest BCUT2D eigenvalue weighted by Gasteiger charge is 2.42. The molecule has 0 atom stereocenters. The summed E-state index contributed by atoms with van der Waals surface area (Å²) in [5.74, 6) is 0.840. The molecule has 0 aromatic heterocycles. The zero-order valence-electron chi connectivity index (χ0n) is 9.95. The van der Waals surface area contributed by atoms with Gasteiger partial charge in [-0.15, -0.1) is 0 Å². The molecule has 0 amide bonds. The summed E-state index contributed by atoms with van der Waals surface area (Å²) in [7, 11) is 0. The Morgan fingerprint density at radius 2 is 2.00 bits per heavy atom. The highest BCUT2D eigenvalue weighted by molar-refractivity contribution is 5.92. The average Bonchev–Trinajstić information content (AvgIpc) is 2.26. The molecular weight excluding hydrogens is 196 g/mol. The van der Waals surface area contributed by atoms with Gasteiger partial charge in [0, 0.05) is 6.54 Å². The van der Waals surface area contributed by atoms with Crippen LogP contribution in [0.1, 0.15) is 38.2 Å². The molecular formula is C14H20N2. The van der Waals surface area contributed by atoms with E-state index in [-0.39, 0.29) is 5.41 Å².